The number of aryl methyl sites for hydroxylation is 1. The lowest BCUT2D eigenvalue weighted by atomic mass is 10.1. The Morgan fingerprint density at radius 1 is 1.19 bits per heavy atom. The molecule has 0 spiro atoms. The van der Waals surface area contributed by atoms with Gasteiger partial charge in [-0.1, -0.05) is 43.3 Å². The van der Waals surface area contributed by atoms with E-state index in [9.17, 15) is 9.18 Å². The van der Waals surface area contributed by atoms with Gasteiger partial charge >= 0.3 is 0 Å². The summed E-state index contributed by atoms with van der Waals surface area (Å²) in [4.78, 5) is 16.6. The van der Waals surface area contributed by atoms with Crippen molar-refractivity contribution < 1.29 is 9.18 Å². The Balaban J connectivity index is 1.50. The van der Waals surface area contributed by atoms with E-state index < -0.39 is 5.82 Å². The molecule has 134 valence electrons. The topological polar surface area (TPSA) is 42.0 Å². The van der Waals surface area contributed by atoms with Crippen LogP contribution >= 0.6 is 23.1 Å². The Bertz CT molecular complexity index is 878. The van der Waals surface area contributed by atoms with Crippen LogP contribution in [0.3, 0.4) is 0 Å². The third-order valence-corrected chi connectivity index (χ3v) is 5.70. The van der Waals surface area contributed by atoms with E-state index in [2.05, 4.69) is 41.5 Å². The van der Waals surface area contributed by atoms with Crippen LogP contribution in [0.25, 0.3) is 10.6 Å². The van der Waals surface area contributed by atoms with E-state index >= 15 is 0 Å². The number of nitrogens with zero attached hydrogens (tertiary/aromatic N) is 1. The first kappa shape index (κ1) is 18.6. The zero-order valence-electron chi connectivity index (χ0n) is 14.4. The van der Waals surface area contributed by atoms with Gasteiger partial charge in [-0.15, -0.1) is 23.1 Å². The number of para-hydroxylation sites is 1. The van der Waals surface area contributed by atoms with Crippen LogP contribution < -0.4 is 5.32 Å². The van der Waals surface area contributed by atoms with Gasteiger partial charge in [0.15, 0.2) is 0 Å². The summed E-state index contributed by atoms with van der Waals surface area (Å²) in [6, 6.07) is 14.6. The van der Waals surface area contributed by atoms with E-state index in [4.69, 9.17) is 0 Å². The molecule has 0 fully saturated rings. The normalized spacial score (nSPS) is 10.7. The first-order valence-electron chi connectivity index (χ1n) is 8.31. The molecule has 26 heavy (non-hydrogen) atoms. The van der Waals surface area contributed by atoms with Crippen LogP contribution in [0.4, 0.5) is 10.1 Å². The maximum absolute atomic E-state index is 13.5. The number of hydrogen-bond acceptors (Lipinski definition) is 4. The minimum Gasteiger partial charge on any atom is -0.323 e. The largest absolute Gasteiger partial charge is 0.323 e. The average Bonchev–Trinajstić information content (AvgIpc) is 3.12. The maximum atomic E-state index is 13.5. The van der Waals surface area contributed by atoms with Crippen LogP contribution in [-0.2, 0) is 17.0 Å². The van der Waals surface area contributed by atoms with Crippen molar-refractivity contribution in [1.29, 1.82) is 0 Å². The van der Waals surface area contributed by atoms with Gasteiger partial charge in [-0.05, 0) is 24.1 Å². The van der Waals surface area contributed by atoms with Gasteiger partial charge in [0.05, 0.1) is 17.1 Å². The highest BCUT2D eigenvalue weighted by molar-refractivity contribution is 7.99. The quantitative estimate of drug-likeness (QED) is 0.592. The standard InChI is InChI=1S/C20H19FN2OS2/c1-2-14-7-9-15(10-8-14)20-22-16(12-26-20)11-25-13-19(24)23-18-6-4-3-5-17(18)21/h3-10,12H,2,11,13H2,1H3,(H,23,24). The number of halogens is 1. The number of benzene rings is 2. The number of thioether (sulfide) groups is 1. The molecule has 0 radical (unpaired) electrons. The zero-order valence-corrected chi connectivity index (χ0v) is 16.0. The Labute approximate surface area is 160 Å². The first-order valence-corrected chi connectivity index (χ1v) is 10.3. The van der Waals surface area contributed by atoms with Gasteiger partial charge in [-0.2, -0.15) is 0 Å². The monoisotopic (exact) mass is 386 g/mol. The maximum Gasteiger partial charge on any atom is 0.234 e. The summed E-state index contributed by atoms with van der Waals surface area (Å²) in [5, 5.41) is 5.59. The molecule has 0 aliphatic heterocycles. The molecule has 2 aromatic carbocycles. The molecule has 3 rings (SSSR count). The van der Waals surface area contributed by atoms with Crippen molar-refractivity contribution in [1.82, 2.24) is 4.98 Å². The van der Waals surface area contributed by atoms with Gasteiger partial charge in [-0.25, -0.2) is 9.37 Å². The second-order valence-electron chi connectivity index (χ2n) is 5.72. The lowest BCUT2D eigenvalue weighted by Gasteiger charge is -2.05. The molecule has 0 aliphatic carbocycles. The SMILES string of the molecule is CCc1ccc(-c2nc(CSCC(=O)Nc3ccccc3F)cs2)cc1. The van der Waals surface area contributed by atoms with Gasteiger partial charge < -0.3 is 5.32 Å². The molecule has 3 aromatic rings. The minimum atomic E-state index is -0.427. The van der Waals surface area contributed by atoms with Gasteiger partial charge in [0, 0.05) is 16.7 Å². The van der Waals surface area contributed by atoms with Crippen molar-refractivity contribution in [3.8, 4) is 10.6 Å². The average molecular weight is 387 g/mol. The summed E-state index contributed by atoms with van der Waals surface area (Å²) < 4.78 is 13.5. The van der Waals surface area contributed by atoms with E-state index in [1.165, 1.54) is 23.4 Å². The van der Waals surface area contributed by atoms with Crippen molar-refractivity contribution in [3.63, 3.8) is 0 Å². The molecule has 1 aromatic heterocycles. The fourth-order valence-corrected chi connectivity index (χ4v) is 4.03. The third-order valence-electron chi connectivity index (χ3n) is 3.79. The molecule has 6 heteroatoms. The molecule has 3 nitrogen and oxygen atoms in total. The lowest BCUT2D eigenvalue weighted by molar-refractivity contribution is -0.113. The fraction of sp³-hybridized carbons (Fsp3) is 0.200. The number of anilines is 1. The number of carbonyl (C=O) groups excluding carboxylic acids is 1. The summed E-state index contributed by atoms with van der Waals surface area (Å²) in [5.74, 6) is 0.260. The number of carbonyl (C=O) groups is 1. The molecule has 1 heterocycles. The second kappa shape index (κ2) is 8.96. The highest BCUT2D eigenvalue weighted by Gasteiger charge is 2.08. The summed E-state index contributed by atoms with van der Waals surface area (Å²) in [5.41, 5.74) is 3.58. The van der Waals surface area contributed by atoms with Crippen LogP contribution in [0, 0.1) is 5.82 Å². The molecule has 0 saturated carbocycles. The van der Waals surface area contributed by atoms with E-state index in [-0.39, 0.29) is 17.3 Å². The minimum absolute atomic E-state index is 0.213. The summed E-state index contributed by atoms with van der Waals surface area (Å²) in [6.07, 6.45) is 1.02. The number of thiazole rings is 1. The Morgan fingerprint density at radius 3 is 2.69 bits per heavy atom. The highest BCUT2D eigenvalue weighted by Crippen LogP contribution is 2.26. The molecule has 0 saturated heterocycles. The van der Waals surface area contributed by atoms with Gasteiger partial charge in [0.25, 0.3) is 0 Å². The molecule has 0 bridgehead atoms. The summed E-state index contributed by atoms with van der Waals surface area (Å²) in [7, 11) is 0. The zero-order chi connectivity index (χ0) is 18.4. The molecular weight excluding hydrogens is 367 g/mol. The van der Waals surface area contributed by atoms with Crippen LogP contribution in [0.1, 0.15) is 18.2 Å². The predicted octanol–water partition coefficient (Wildman–Crippen LogP) is 5.38. The number of rotatable bonds is 7. The number of hydrogen-bond donors (Lipinski definition) is 1. The molecule has 1 amide bonds. The molecule has 0 atom stereocenters. The summed E-state index contributed by atoms with van der Waals surface area (Å²) >= 11 is 3.07. The van der Waals surface area contributed by atoms with E-state index in [0.717, 1.165) is 22.7 Å². The third kappa shape index (κ3) is 4.93. The van der Waals surface area contributed by atoms with Crippen molar-refractivity contribution in [3.05, 3.63) is 71.0 Å². The molecular formula is C20H19FN2OS2. The van der Waals surface area contributed by atoms with Gasteiger partial charge in [0.1, 0.15) is 10.8 Å². The van der Waals surface area contributed by atoms with Gasteiger partial charge in [0.2, 0.25) is 5.91 Å². The Hall–Kier alpha value is -2.18. The van der Waals surface area contributed by atoms with Crippen molar-refractivity contribution in [2.24, 2.45) is 0 Å². The Kier molecular flexibility index (Phi) is 6.41. The predicted molar refractivity (Wildman–Crippen MR) is 108 cm³/mol. The number of nitrogens with one attached hydrogen (secondary N) is 1. The number of amides is 1. The van der Waals surface area contributed by atoms with Crippen LogP contribution in [0.5, 0.6) is 0 Å². The number of aromatic nitrogens is 1. The van der Waals surface area contributed by atoms with Crippen molar-refractivity contribution in [2.75, 3.05) is 11.1 Å². The van der Waals surface area contributed by atoms with Crippen LogP contribution in [0.15, 0.2) is 53.9 Å². The summed E-state index contributed by atoms with van der Waals surface area (Å²) in [6.45, 7) is 2.13. The van der Waals surface area contributed by atoms with Crippen molar-refractivity contribution in [2.45, 2.75) is 19.1 Å². The first-order chi connectivity index (χ1) is 12.7. The van der Waals surface area contributed by atoms with Gasteiger partial charge in [-0.3, -0.25) is 4.79 Å². The molecule has 1 N–H and O–H groups in total. The fourth-order valence-electron chi connectivity index (χ4n) is 2.39. The van der Waals surface area contributed by atoms with Crippen LogP contribution in [-0.4, -0.2) is 16.6 Å². The lowest BCUT2D eigenvalue weighted by Crippen LogP contribution is -2.15. The van der Waals surface area contributed by atoms with Crippen LogP contribution in [0.2, 0.25) is 0 Å². The van der Waals surface area contributed by atoms with Crippen molar-refractivity contribution >= 4 is 34.7 Å². The van der Waals surface area contributed by atoms with E-state index in [1.54, 1.807) is 29.5 Å². The highest BCUT2D eigenvalue weighted by atomic mass is 32.2. The van der Waals surface area contributed by atoms with E-state index in [0.29, 0.717) is 5.75 Å². The van der Waals surface area contributed by atoms with E-state index in [1.807, 2.05) is 5.38 Å². The smallest absolute Gasteiger partial charge is 0.234 e. The second-order valence-corrected chi connectivity index (χ2v) is 7.56. The molecule has 0 aliphatic rings. The Morgan fingerprint density at radius 2 is 1.96 bits per heavy atom. The molecule has 0 unspecified atom stereocenters.